The van der Waals surface area contributed by atoms with E-state index in [4.69, 9.17) is 10.5 Å². The van der Waals surface area contributed by atoms with Gasteiger partial charge in [-0.25, -0.2) is 4.79 Å². The predicted molar refractivity (Wildman–Crippen MR) is 107 cm³/mol. The second-order valence-electron chi connectivity index (χ2n) is 8.10. The van der Waals surface area contributed by atoms with Crippen LogP contribution in [0.4, 0.5) is 0 Å². The molecule has 1 aliphatic rings. The van der Waals surface area contributed by atoms with Crippen molar-refractivity contribution in [3.63, 3.8) is 0 Å². The highest BCUT2D eigenvalue weighted by Crippen LogP contribution is 2.30. The van der Waals surface area contributed by atoms with E-state index < -0.39 is 42.3 Å². The van der Waals surface area contributed by atoms with E-state index >= 15 is 0 Å². The number of aromatic hydroxyl groups is 1. The van der Waals surface area contributed by atoms with Crippen molar-refractivity contribution < 1.29 is 29.6 Å². The Hall–Kier alpha value is -2.16. The standard InChI is InChI=1S/C21H32N2O6/c1-4-13(22)20(27)16(25)10-18(26)23-14(8-11(2)3)17-9-12-6-5-7-15(24)19(12)21(28)29-17/h5-7,11,13-14,16-17,20,24-25,27H,4,8-10,22H2,1-3H3,(H,23,26)/t13-,14-,16+,17-,20-/m0/s1. The summed E-state index contributed by atoms with van der Waals surface area (Å²) in [5, 5.41) is 32.8. The topological polar surface area (TPSA) is 142 Å². The molecule has 0 aliphatic carbocycles. The molecule has 1 amide bonds. The number of ether oxygens (including phenoxy) is 1. The smallest absolute Gasteiger partial charge is 0.342 e. The third kappa shape index (κ3) is 5.91. The van der Waals surface area contributed by atoms with Gasteiger partial charge in [0.15, 0.2) is 0 Å². The summed E-state index contributed by atoms with van der Waals surface area (Å²) in [5.74, 6) is -0.988. The molecule has 1 aliphatic heterocycles. The van der Waals surface area contributed by atoms with E-state index in [2.05, 4.69) is 5.32 Å². The molecule has 5 atom stereocenters. The Morgan fingerprint density at radius 1 is 1.34 bits per heavy atom. The molecule has 162 valence electrons. The monoisotopic (exact) mass is 408 g/mol. The first-order valence-corrected chi connectivity index (χ1v) is 10.1. The first-order valence-electron chi connectivity index (χ1n) is 10.1. The Bertz CT molecular complexity index is 723. The van der Waals surface area contributed by atoms with Crippen molar-refractivity contribution in [2.45, 2.75) is 76.9 Å². The molecule has 8 heteroatoms. The molecule has 29 heavy (non-hydrogen) atoms. The van der Waals surface area contributed by atoms with Gasteiger partial charge in [0.25, 0.3) is 0 Å². The van der Waals surface area contributed by atoms with Gasteiger partial charge >= 0.3 is 5.97 Å². The first kappa shape index (κ1) is 23.1. The summed E-state index contributed by atoms with van der Waals surface area (Å²) in [6.45, 7) is 5.76. The lowest BCUT2D eigenvalue weighted by Gasteiger charge is -2.33. The molecule has 0 spiro atoms. The van der Waals surface area contributed by atoms with Gasteiger partial charge in [0.1, 0.15) is 17.4 Å². The van der Waals surface area contributed by atoms with E-state index in [0.29, 0.717) is 24.8 Å². The Morgan fingerprint density at radius 3 is 2.66 bits per heavy atom. The van der Waals surface area contributed by atoms with Crippen LogP contribution in [-0.4, -0.2) is 57.6 Å². The minimum Gasteiger partial charge on any atom is -0.507 e. The van der Waals surface area contributed by atoms with Crippen molar-refractivity contribution >= 4 is 11.9 Å². The lowest BCUT2D eigenvalue weighted by atomic mass is 9.90. The highest BCUT2D eigenvalue weighted by molar-refractivity contribution is 5.95. The highest BCUT2D eigenvalue weighted by atomic mass is 16.5. The Kier molecular flexibility index (Phi) is 8.01. The maximum atomic E-state index is 12.5. The van der Waals surface area contributed by atoms with Gasteiger partial charge in [0.05, 0.1) is 24.7 Å². The van der Waals surface area contributed by atoms with Gasteiger partial charge in [-0.3, -0.25) is 4.79 Å². The van der Waals surface area contributed by atoms with Crippen molar-refractivity contribution in [2.24, 2.45) is 11.7 Å². The van der Waals surface area contributed by atoms with Crippen LogP contribution in [-0.2, 0) is 16.0 Å². The van der Waals surface area contributed by atoms with Crippen molar-refractivity contribution in [2.75, 3.05) is 0 Å². The van der Waals surface area contributed by atoms with Gasteiger partial charge in [-0.1, -0.05) is 32.9 Å². The number of aliphatic hydroxyl groups is 2. The van der Waals surface area contributed by atoms with E-state index in [1.54, 1.807) is 19.1 Å². The van der Waals surface area contributed by atoms with Crippen molar-refractivity contribution in [3.05, 3.63) is 29.3 Å². The average molecular weight is 408 g/mol. The molecular weight excluding hydrogens is 376 g/mol. The van der Waals surface area contributed by atoms with Gasteiger partial charge in [-0.05, 0) is 30.4 Å². The number of carbonyl (C=O) groups is 2. The molecular formula is C21H32N2O6. The normalized spacial score (nSPS) is 20.4. The maximum Gasteiger partial charge on any atom is 0.342 e. The molecule has 0 unspecified atom stereocenters. The largest absolute Gasteiger partial charge is 0.507 e. The molecule has 0 bridgehead atoms. The number of cyclic esters (lactones) is 1. The third-order valence-corrected chi connectivity index (χ3v) is 5.23. The van der Waals surface area contributed by atoms with Crippen LogP contribution in [0.15, 0.2) is 18.2 Å². The van der Waals surface area contributed by atoms with Crippen LogP contribution in [0.1, 0.15) is 56.0 Å². The van der Waals surface area contributed by atoms with E-state index in [1.807, 2.05) is 13.8 Å². The molecule has 6 N–H and O–H groups in total. The number of phenolic OH excluding ortho intramolecular Hbond substituents is 1. The van der Waals surface area contributed by atoms with Gasteiger partial charge in [0.2, 0.25) is 5.91 Å². The minimum absolute atomic E-state index is 0.125. The van der Waals surface area contributed by atoms with Gasteiger partial charge in [-0.2, -0.15) is 0 Å². The quantitative estimate of drug-likeness (QED) is 0.381. The fourth-order valence-electron chi connectivity index (χ4n) is 3.59. The summed E-state index contributed by atoms with van der Waals surface area (Å²) < 4.78 is 5.52. The summed E-state index contributed by atoms with van der Waals surface area (Å²) in [6.07, 6.45) is -1.98. The van der Waals surface area contributed by atoms with Crippen LogP contribution in [0.2, 0.25) is 0 Å². The number of nitrogens with one attached hydrogen (secondary N) is 1. The molecule has 0 saturated carbocycles. The van der Waals surface area contributed by atoms with Crippen molar-refractivity contribution in [3.8, 4) is 5.75 Å². The molecule has 2 rings (SSSR count). The van der Waals surface area contributed by atoms with Crippen LogP contribution in [0.3, 0.4) is 0 Å². The number of phenols is 1. The van der Waals surface area contributed by atoms with Crippen LogP contribution >= 0.6 is 0 Å². The second kappa shape index (κ2) is 10.0. The summed E-state index contributed by atoms with van der Waals surface area (Å²) in [6, 6.07) is 3.76. The highest BCUT2D eigenvalue weighted by Gasteiger charge is 2.35. The lowest BCUT2D eigenvalue weighted by Crippen LogP contribution is -2.50. The number of esters is 1. The molecule has 8 nitrogen and oxygen atoms in total. The Balaban J connectivity index is 2.10. The van der Waals surface area contributed by atoms with Crippen LogP contribution in [0.25, 0.3) is 0 Å². The molecule has 1 aromatic rings. The molecule has 0 saturated heterocycles. The van der Waals surface area contributed by atoms with E-state index in [0.717, 1.165) is 0 Å². The molecule has 0 aromatic heterocycles. The number of amides is 1. The van der Waals surface area contributed by atoms with Crippen molar-refractivity contribution in [1.29, 1.82) is 0 Å². The van der Waals surface area contributed by atoms with Gasteiger partial charge in [0, 0.05) is 12.5 Å². The zero-order valence-electron chi connectivity index (χ0n) is 17.2. The van der Waals surface area contributed by atoms with E-state index in [1.165, 1.54) is 6.07 Å². The maximum absolute atomic E-state index is 12.5. The molecule has 0 fully saturated rings. The van der Waals surface area contributed by atoms with Crippen LogP contribution in [0.5, 0.6) is 5.75 Å². The fraction of sp³-hybridized carbons (Fsp3) is 0.619. The van der Waals surface area contributed by atoms with E-state index in [9.17, 15) is 24.9 Å². The summed E-state index contributed by atoms with van der Waals surface area (Å²) in [7, 11) is 0. The summed E-state index contributed by atoms with van der Waals surface area (Å²) in [5.41, 5.74) is 6.55. The Morgan fingerprint density at radius 2 is 2.03 bits per heavy atom. The fourth-order valence-corrected chi connectivity index (χ4v) is 3.59. The number of nitrogens with two attached hydrogens (primary N) is 1. The number of rotatable bonds is 9. The van der Waals surface area contributed by atoms with E-state index in [-0.39, 0.29) is 23.7 Å². The third-order valence-electron chi connectivity index (χ3n) is 5.23. The van der Waals surface area contributed by atoms with Crippen LogP contribution in [0, 0.1) is 5.92 Å². The zero-order chi connectivity index (χ0) is 21.7. The lowest BCUT2D eigenvalue weighted by molar-refractivity contribution is -0.127. The SMILES string of the molecule is CC[C@H](N)[C@H](O)[C@H](O)CC(=O)N[C@@H](CC(C)C)[C@@H]1Cc2cccc(O)c2C(=O)O1. The second-order valence-corrected chi connectivity index (χ2v) is 8.10. The number of fused-ring (bicyclic) bond motifs is 1. The number of carbonyl (C=O) groups excluding carboxylic acids is 2. The summed E-state index contributed by atoms with van der Waals surface area (Å²) >= 11 is 0. The van der Waals surface area contributed by atoms with Crippen LogP contribution < -0.4 is 11.1 Å². The molecule has 1 heterocycles. The summed E-state index contributed by atoms with van der Waals surface area (Å²) in [4.78, 5) is 24.9. The van der Waals surface area contributed by atoms with Gasteiger partial charge in [-0.15, -0.1) is 0 Å². The molecule has 1 aromatic carbocycles. The van der Waals surface area contributed by atoms with Crippen molar-refractivity contribution in [1.82, 2.24) is 5.32 Å². The molecule has 0 radical (unpaired) electrons. The number of hydrogen-bond acceptors (Lipinski definition) is 7. The number of hydrogen-bond donors (Lipinski definition) is 5. The van der Waals surface area contributed by atoms with Gasteiger partial charge < -0.3 is 31.1 Å². The minimum atomic E-state index is -1.28. The number of benzene rings is 1. The number of aliphatic hydroxyl groups excluding tert-OH is 2. The average Bonchev–Trinajstić information content (AvgIpc) is 2.65. The Labute approximate surface area is 171 Å². The predicted octanol–water partition coefficient (Wildman–Crippen LogP) is 0.854. The first-order chi connectivity index (χ1) is 13.6. The zero-order valence-corrected chi connectivity index (χ0v) is 17.2.